The van der Waals surface area contributed by atoms with Crippen LogP contribution in [-0.2, 0) is 6.42 Å². The van der Waals surface area contributed by atoms with E-state index in [9.17, 15) is 0 Å². The van der Waals surface area contributed by atoms with Crippen LogP contribution in [0, 0.1) is 0 Å². The molecule has 0 amide bonds. The molecule has 1 fully saturated rings. The number of hydrogen-bond acceptors (Lipinski definition) is 4. The molecule has 4 nitrogen and oxygen atoms in total. The first kappa shape index (κ1) is 17.6. The van der Waals surface area contributed by atoms with Gasteiger partial charge in [-0.2, -0.15) is 0 Å². The number of nitrogen functional groups attached to an aromatic ring is 1. The van der Waals surface area contributed by atoms with Gasteiger partial charge in [0, 0.05) is 17.1 Å². The summed E-state index contributed by atoms with van der Waals surface area (Å²) in [5, 5.41) is 0.901. The Hall–Kier alpha value is -1.20. The molecule has 0 aromatic carbocycles. The topological polar surface area (TPSA) is 54.0 Å². The molecule has 5 heteroatoms. The van der Waals surface area contributed by atoms with E-state index in [-0.39, 0.29) is 0 Å². The van der Waals surface area contributed by atoms with Gasteiger partial charge in [-0.05, 0) is 71.0 Å². The minimum absolute atomic E-state index is 0.381. The molecule has 2 aliphatic rings. The number of fused-ring (bicyclic) bond motifs is 1. The SMILES string of the molecule is CC=NC(=NC1CCC(N(C)C)CC1)c1c(N)sc2c1C(C)CC2. The van der Waals surface area contributed by atoms with Gasteiger partial charge in [-0.3, -0.25) is 4.99 Å². The van der Waals surface area contributed by atoms with E-state index in [0.29, 0.717) is 18.0 Å². The second kappa shape index (κ2) is 7.36. The van der Waals surface area contributed by atoms with Crippen molar-refractivity contribution >= 4 is 28.4 Å². The Balaban J connectivity index is 1.87. The van der Waals surface area contributed by atoms with Gasteiger partial charge in [0.05, 0.1) is 16.6 Å². The van der Waals surface area contributed by atoms with Crippen molar-refractivity contribution in [3.05, 3.63) is 16.0 Å². The Morgan fingerprint density at radius 1 is 1.21 bits per heavy atom. The quantitative estimate of drug-likeness (QED) is 0.662. The fourth-order valence-corrected chi connectivity index (χ4v) is 5.30. The van der Waals surface area contributed by atoms with Crippen LogP contribution in [0.25, 0.3) is 0 Å². The highest BCUT2D eigenvalue weighted by molar-refractivity contribution is 7.16. The Morgan fingerprint density at radius 3 is 2.54 bits per heavy atom. The summed E-state index contributed by atoms with van der Waals surface area (Å²) in [5.74, 6) is 1.44. The van der Waals surface area contributed by atoms with Crippen LogP contribution in [0.2, 0.25) is 0 Å². The third-order valence-electron chi connectivity index (χ3n) is 5.52. The molecule has 0 aliphatic heterocycles. The van der Waals surface area contributed by atoms with E-state index in [2.05, 4.69) is 30.9 Å². The minimum Gasteiger partial charge on any atom is -0.390 e. The van der Waals surface area contributed by atoms with Crippen LogP contribution in [0.1, 0.15) is 67.9 Å². The Bertz CT molecular complexity index is 636. The summed E-state index contributed by atoms with van der Waals surface area (Å²) in [7, 11) is 4.36. The minimum atomic E-state index is 0.381. The van der Waals surface area contributed by atoms with Crippen molar-refractivity contribution < 1.29 is 0 Å². The van der Waals surface area contributed by atoms with Crippen molar-refractivity contribution in [2.45, 2.75) is 70.4 Å². The molecule has 1 heterocycles. The number of nitrogens with two attached hydrogens (primary N) is 1. The Labute approximate surface area is 149 Å². The third kappa shape index (κ3) is 3.42. The van der Waals surface area contributed by atoms with Gasteiger partial charge in [0.1, 0.15) is 0 Å². The molecule has 2 aliphatic carbocycles. The maximum Gasteiger partial charge on any atom is 0.157 e. The summed E-state index contributed by atoms with van der Waals surface area (Å²) in [6.45, 7) is 4.27. The molecule has 3 rings (SSSR count). The number of amidine groups is 1. The van der Waals surface area contributed by atoms with Crippen molar-refractivity contribution in [1.29, 1.82) is 0 Å². The predicted molar refractivity (Wildman–Crippen MR) is 106 cm³/mol. The molecule has 24 heavy (non-hydrogen) atoms. The lowest BCUT2D eigenvalue weighted by Crippen LogP contribution is -2.33. The number of rotatable bonds is 3. The van der Waals surface area contributed by atoms with Crippen molar-refractivity contribution in [3.8, 4) is 0 Å². The number of aryl methyl sites for hydroxylation is 1. The zero-order chi connectivity index (χ0) is 17.3. The lowest BCUT2D eigenvalue weighted by Gasteiger charge is -2.31. The number of thiophene rings is 1. The van der Waals surface area contributed by atoms with E-state index < -0.39 is 0 Å². The summed E-state index contributed by atoms with van der Waals surface area (Å²) in [6.07, 6.45) is 8.97. The number of hydrogen-bond donors (Lipinski definition) is 1. The maximum atomic E-state index is 6.37. The molecule has 2 N–H and O–H groups in total. The van der Waals surface area contributed by atoms with Gasteiger partial charge in [-0.15, -0.1) is 11.3 Å². The van der Waals surface area contributed by atoms with Gasteiger partial charge < -0.3 is 10.6 Å². The monoisotopic (exact) mass is 346 g/mol. The van der Waals surface area contributed by atoms with Gasteiger partial charge >= 0.3 is 0 Å². The Morgan fingerprint density at radius 2 is 1.92 bits per heavy atom. The van der Waals surface area contributed by atoms with Crippen LogP contribution < -0.4 is 5.73 Å². The molecule has 0 spiro atoms. The molecular weight excluding hydrogens is 316 g/mol. The molecule has 0 bridgehead atoms. The van der Waals surface area contributed by atoms with Crippen molar-refractivity contribution in [2.75, 3.05) is 19.8 Å². The van der Waals surface area contributed by atoms with E-state index in [1.54, 1.807) is 11.3 Å². The molecule has 132 valence electrons. The largest absolute Gasteiger partial charge is 0.390 e. The van der Waals surface area contributed by atoms with Crippen molar-refractivity contribution in [1.82, 2.24) is 4.90 Å². The first-order valence-electron chi connectivity index (χ1n) is 9.15. The van der Waals surface area contributed by atoms with Gasteiger partial charge in [0.25, 0.3) is 0 Å². The lowest BCUT2D eigenvalue weighted by molar-refractivity contribution is 0.217. The predicted octanol–water partition coefficient (Wildman–Crippen LogP) is 4.09. The highest BCUT2D eigenvalue weighted by Gasteiger charge is 2.30. The van der Waals surface area contributed by atoms with Gasteiger partial charge in [-0.1, -0.05) is 6.92 Å². The van der Waals surface area contributed by atoms with Crippen molar-refractivity contribution in [2.24, 2.45) is 9.98 Å². The highest BCUT2D eigenvalue weighted by Crippen LogP contribution is 2.44. The standard InChI is InChI=1S/C19H30N4S/c1-5-21-19(22-13-7-9-14(10-8-13)23(3)4)17-16-12(2)6-11-15(16)24-18(17)20/h5,12-14H,6-11,20H2,1-4H3. The summed E-state index contributed by atoms with van der Waals surface area (Å²) in [6, 6.07) is 1.08. The van der Waals surface area contributed by atoms with Crippen molar-refractivity contribution in [3.63, 3.8) is 0 Å². The summed E-state index contributed by atoms with van der Waals surface area (Å²) >= 11 is 1.74. The zero-order valence-corrected chi connectivity index (χ0v) is 16.2. The maximum absolute atomic E-state index is 6.37. The molecule has 1 atom stereocenters. The van der Waals surface area contributed by atoms with Crippen LogP contribution in [-0.4, -0.2) is 43.1 Å². The van der Waals surface area contributed by atoms with E-state index in [1.165, 1.54) is 29.7 Å². The second-order valence-corrected chi connectivity index (χ2v) is 8.52. The van der Waals surface area contributed by atoms with E-state index in [4.69, 9.17) is 10.7 Å². The smallest absolute Gasteiger partial charge is 0.157 e. The van der Waals surface area contributed by atoms with Crippen LogP contribution in [0.15, 0.2) is 9.98 Å². The number of anilines is 1. The first-order valence-corrected chi connectivity index (χ1v) is 9.97. The summed E-state index contributed by atoms with van der Waals surface area (Å²) < 4.78 is 0. The Kier molecular flexibility index (Phi) is 5.40. The normalized spacial score (nSPS) is 28.0. The lowest BCUT2D eigenvalue weighted by atomic mass is 9.91. The fourth-order valence-electron chi connectivity index (χ4n) is 4.10. The van der Waals surface area contributed by atoms with Crippen LogP contribution in [0.4, 0.5) is 5.00 Å². The molecule has 0 radical (unpaired) electrons. The number of aliphatic imine (C=N–C) groups is 2. The van der Waals surface area contributed by atoms with Gasteiger partial charge in [-0.25, -0.2) is 4.99 Å². The van der Waals surface area contributed by atoms with Gasteiger partial charge in [0.2, 0.25) is 0 Å². The average molecular weight is 347 g/mol. The summed E-state index contributed by atoms with van der Waals surface area (Å²) in [4.78, 5) is 13.5. The molecule has 1 aromatic heterocycles. The third-order valence-corrected chi connectivity index (χ3v) is 6.62. The molecule has 1 aromatic rings. The molecular formula is C19H30N4S. The molecule has 1 saturated carbocycles. The van der Waals surface area contributed by atoms with E-state index in [0.717, 1.165) is 35.7 Å². The second-order valence-electron chi connectivity index (χ2n) is 7.38. The first-order chi connectivity index (χ1) is 11.5. The molecule has 1 unspecified atom stereocenters. The average Bonchev–Trinajstić information content (AvgIpc) is 3.06. The fraction of sp³-hybridized carbons (Fsp3) is 0.684. The summed E-state index contributed by atoms with van der Waals surface area (Å²) in [5.41, 5.74) is 8.92. The highest BCUT2D eigenvalue weighted by atomic mass is 32.1. The van der Waals surface area contributed by atoms with Gasteiger partial charge in [0.15, 0.2) is 5.84 Å². The van der Waals surface area contributed by atoms with E-state index in [1.807, 2.05) is 13.1 Å². The number of nitrogens with zero attached hydrogens (tertiary/aromatic N) is 3. The van der Waals surface area contributed by atoms with Crippen LogP contribution in [0.5, 0.6) is 0 Å². The van der Waals surface area contributed by atoms with E-state index >= 15 is 0 Å². The zero-order valence-electron chi connectivity index (χ0n) is 15.4. The molecule has 0 saturated heterocycles. The van der Waals surface area contributed by atoms with Crippen LogP contribution >= 0.6 is 11.3 Å². The van der Waals surface area contributed by atoms with Crippen LogP contribution in [0.3, 0.4) is 0 Å².